The van der Waals surface area contributed by atoms with Gasteiger partial charge >= 0.3 is 0 Å². The lowest BCUT2D eigenvalue weighted by molar-refractivity contribution is 0.255. The molecular weight excluding hydrogens is 244 g/mol. The van der Waals surface area contributed by atoms with Crippen molar-refractivity contribution in [3.63, 3.8) is 0 Å². The normalized spacial score (nSPS) is 25.8. The summed E-state index contributed by atoms with van der Waals surface area (Å²) in [5, 5.41) is 3.67. The van der Waals surface area contributed by atoms with Gasteiger partial charge in [-0.2, -0.15) is 0 Å². The molecule has 0 spiro atoms. The molecule has 0 radical (unpaired) electrons. The van der Waals surface area contributed by atoms with E-state index in [-0.39, 0.29) is 0 Å². The zero-order chi connectivity index (χ0) is 13.8. The van der Waals surface area contributed by atoms with Crippen LogP contribution in [0.25, 0.3) is 0 Å². The van der Waals surface area contributed by atoms with Gasteiger partial charge in [-0.05, 0) is 75.8 Å². The molecule has 0 amide bonds. The number of hydrogen-bond acceptors (Lipinski definition) is 2. The molecule has 0 saturated carbocycles. The molecule has 1 aromatic carbocycles. The van der Waals surface area contributed by atoms with Crippen molar-refractivity contribution in [2.75, 3.05) is 26.7 Å². The van der Waals surface area contributed by atoms with Crippen LogP contribution in [-0.2, 0) is 6.42 Å². The fraction of sp³-hybridized carbons (Fsp3) is 0.667. The summed E-state index contributed by atoms with van der Waals surface area (Å²) in [6, 6.07) is 10.1. The highest BCUT2D eigenvalue weighted by Crippen LogP contribution is 2.28. The summed E-state index contributed by atoms with van der Waals surface area (Å²) in [7, 11) is 2.24. The van der Waals surface area contributed by atoms with E-state index in [1.807, 2.05) is 0 Å². The Morgan fingerprint density at radius 3 is 2.75 bits per heavy atom. The molecule has 2 heterocycles. The van der Waals surface area contributed by atoms with E-state index in [2.05, 4.69) is 41.5 Å². The Morgan fingerprint density at radius 2 is 2.00 bits per heavy atom. The third-order valence-corrected chi connectivity index (χ3v) is 5.04. The lowest BCUT2D eigenvalue weighted by Crippen LogP contribution is -2.35. The minimum atomic E-state index is 0.705. The first kappa shape index (κ1) is 14.1. The number of nitrogens with one attached hydrogen (secondary N) is 1. The van der Waals surface area contributed by atoms with Crippen molar-refractivity contribution in [2.45, 2.75) is 50.5 Å². The standard InChI is InChI=1S/C18H28N2/c1-20-11-8-16(9-12-20)17-6-4-5-15(13-17)14-18-7-2-3-10-19-18/h4-6,13,16,18-19H,2-3,7-12,14H2,1H3. The molecule has 1 aromatic rings. The van der Waals surface area contributed by atoms with Crippen molar-refractivity contribution in [1.82, 2.24) is 10.2 Å². The van der Waals surface area contributed by atoms with Gasteiger partial charge in [-0.25, -0.2) is 0 Å². The molecule has 2 fully saturated rings. The van der Waals surface area contributed by atoms with Crippen LogP contribution in [0.4, 0.5) is 0 Å². The summed E-state index contributed by atoms with van der Waals surface area (Å²) in [5.41, 5.74) is 3.10. The molecule has 110 valence electrons. The van der Waals surface area contributed by atoms with E-state index >= 15 is 0 Å². The molecule has 2 aliphatic heterocycles. The first-order chi connectivity index (χ1) is 9.81. The van der Waals surface area contributed by atoms with E-state index < -0.39 is 0 Å². The first-order valence-electron chi connectivity index (χ1n) is 8.32. The van der Waals surface area contributed by atoms with Gasteiger partial charge in [-0.1, -0.05) is 30.7 Å². The van der Waals surface area contributed by atoms with Crippen LogP contribution in [0.5, 0.6) is 0 Å². The largest absolute Gasteiger partial charge is 0.314 e. The SMILES string of the molecule is CN1CCC(c2cccc(CC3CCCCN3)c2)CC1. The Morgan fingerprint density at radius 1 is 1.15 bits per heavy atom. The molecule has 0 aromatic heterocycles. The van der Waals surface area contributed by atoms with Crippen molar-refractivity contribution in [3.8, 4) is 0 Å². The smallest absolute Gasteiger partial charge is 0.0107 e. The van der Waals surface area contributed by atoms with Crippen LogP contribution < -0.4 is 5.32 Å². The number of hydrogen-bond donors (Lipinski definition) is 1. The van der Waals surface area contributed by atoms with Crippen LogP contribution >= 0.6 is 0 Å². The average Bonchev–Trinajstić information content (AvgIpc) is 2.49. The van der Waals surface area contributed by atoms with Gasteiger partial charge in [0.1, 0.15) is 0 Å². The third-order valence-electron chi connectivity index (χ3n) is 5.04. The topological polar surface area (TPSA) is 15.3 Å². The minimum absolute atomic E-state index is 0.705. The third kappa shape index (κ3) is 3.62. The van der Waals surface area contributed by atoms with Crippen LogP contribution in [-0.4, -0.2) is 37.6 Å². The second-order valence-electron chi connectivity index (χ2n) is 6.67. The fourth-order valence-corrected chi connectivity index (χ4v) is 3.70. The first-order valence-corrected chi connectivity index (χ1v) is 8.32. The Balaban J connectivity index is 1.63. The summed E-state index contributed by atoms with van der Waals surface area (Å²) < 4.78 is 0. The molecule has 2 nitrogen and oxygen atoms in total. The molecule has 1 atom stereocenters. The monoisotopic (exact) mass is 272 g/mol. The molecule has 2 heteroatoms. The van der Waals surface area contributed by atoms with Gasteiger partial charge in [-0.15, -0.1) is 0 Å². The summed E-state index contributed by atoms with van der Waals surface area (Å²) in [6.07, 6.45) is 7.95. The Labute approximate surface area is 123 Å². The molecule has 20 heavy (non-hydrogen) atoms. The Kier molecular flexibility index (Phi) is 4.74. The highest BCUT2D eigenvalue weighted by molar-refractivity contribution is 5.27. The van der Waals surface area contributed by atoms with E-state index in [0.29, 0.717) is 6.04 Å². The number of likely N-dealkylation sites (tertiary alicyclic amines) is 1. The van der Waals surface area contributed by atoms with Crippen LogP contribution in [0.1, 0.15) is 49.1 Å². The molecule has 1 unspecified atom stereocenters. The predicted octanol–water partition coefficient (Wildman–Crippen LogP) is 3.18. The van der Waals surface area contributed by atoms with Gasteiger partial charge in [0.25, 0.3) is 0 Å². The lowest BCUT2D eigenvalue weighted by atomic mass is 9.87. The van der Waals surface area contributed by atoms with E-state index in [1.165, 1.54) is 63.7 Å². The van der Waals surface area contributed by atoms with Crippen molar-refractivity contribution in [3.05, 3.63) is 35.4 Å². The highest BCUT2D eigenvalue weighted by atomic mass is 15.1. The summed E-state index contributed by atoms with van der Waals surface area (Å²) in [4.78, 5) is 2.45. The zero-order valence-electron chi connectivity index (χ0n) is 12.8. The van der Waals surface area contributed by atoms with Gasteiger partial charge in [-0.3, -0.25) is 0 Å². The lowest BCUT2D eigenvalue weighted by Gasteiger charge is -2.29. The van der Waals surface area contributed by atoms with Crippen molar-refractivity contribution in [1.29, 1.82) is 0 Å². The minimum Gasteiger partial charge on any atom is -0.314 e. The molecule has 1 N–H and O–H groups in total. The van der Waals surface area contributed by atoms with Crippen LogP contribution in [0.15, 0.2) is 24.3 Å². The highest BCUT2D eigenvalue weighted by Gasteiger charge is 2.19. The van der Waals surface area contributed by atoms with Gasteiger partial charge in [0.2, 0.25) is 0 Å². The summed E-state index contributed by atoms with van der Waals surface area (Å²) >= 11 is 0. The van der Waals surface area contributed by atoms with Gasteiger partial charge in [0, 0.05) is 6.04 Å². The second-order valence-corrected chi connectivity index (χ2v) is 6.67. The summed E-state index contributed by atoms with van der Waals surface area (Å²) in [5.74, 6) is 0.783. The Hall–Kier alpha value is -0.860. The molecule has 0 bridgehead atoms. The average molecular weight is 272 g/mol. The molecule has 3 rings (SSSR count). The van der Waals surface area contributed by atoms with Crippen molar-refractivity contribution < 1.29 is 0 Å². The molecule has 0 aliphatic carbocycles. The van der Waals surface area contributed by atoms with Gasteiger partial charge < -0.3 is 10.2 Å². The van der Waals surface area contributed by atoms with Crippen LogP contribution in [0.3, 0.4) is 0 Å². The Bertz CT molecular complexity index is 415. The number of benzene rings is 1. The van der Waals surface area contributed by atoms with E-state index in [9.17, 15) is 0 Å². The van der Waals surface area contributed by atoms with Gasteiger partial charge in [0.15, 0.2) is 0 Å². The summed E-state index contributed by atoms with van der Waals surface area (Å²) in [6.45, 7) is 3.71. The van der Waals surface area contributed by atoms with Crippen molar-refractivity contribution >= 4 is 0 Å². The molecular formula is C18H28N2. The van der Waals surface area contributed by atoms with E-state index in [4.69, 9.17) is 0 Å². The fourth-order valence-electron chi connectivity index (χ4n) is 3.70. The van der Waals surface area contributed by atoms with Crippen molar-refractivity contribution in [2.24, 2.45) is 0 Å². The maximum atomic E-state index is 3.67. The van der Waals surface area contributed by atoms with E-state index in [1.54, 1.807) is 5.56 Å². The van der Waals surface area contributed by atoms with E-state index in [0.717, 1.165) is 5.92 Å². The molecule has 2 saturated heterocycles. The molecule has 2 aliphatic rings. The predicted molar refractivity (Wildman–Crippen MR) is 85.3 cm³/mol. The zero-order valence-corrected chi connectivity index (χ0v) is 12.8. The maximum absolute atomic E-state index is 3.67. The number of rotatable bonds is 3. The number of piperidine rings is 2. The van der Waals surface area contributed by atoms with Gasteiger partial charge in [0.05, 0.1) is 0 Å². The van der Waals surface area contributed by atoms with Crippen LogP contribution in [0.2, 0.25) is 0 Å². The number of nitrogens with zero attached hydrogens (tertiary/aromatic N) is 1. The second kappa shape index (κ2) is 6.73. The maximum Gasteiger partial charge on any atom is 0.0107 e. The van der Waals surface area contributed by atoms with Crippen LogP contribution in [0, 0.1) is 0 Å². The quantitative estimate of drug-likeness (QED) is 0.909.